The Bertz CT molecular complexity index is 63.4. The lowest BCUT2D eigenvalue weighted by molar-refractivity contribution is 0.843. The third kappa shape index (κ3) is 9.19. The number of hydrogen-bond acceptors (Lipinski definition) is 1. The molecule has 0 fully saturated rings. The Kier molecular flexibility index (Phi) is 8.89. The molecule has 0 aromatic heterocycles. The third-order valence-corrected chi connectivity index (χ3v) is 0.694. The molecular weight excluding hydrogens is 120 g/mol. The maximum absolute atomic E-state index is 5.10. The van der Waals surface area contributed by atoms with Crippen LogP contribution in [0.5, 0.6) is 0 Å². The molecular formula is C5H14N2S. The Morgan fingerprint density at radius 1 is 1.75 bits per heavy atom. The lowest BCUT2D eigenvalue weighted by Crippen LogP contribution is -2.29. The van der Waals surface area contributed by atoms with Gasteiger partial charge in [0.05, 0.1) is 0 Å². The predicted octanol–water partition coefficient (Wildman–Crippen LogP) is 0.866. The summed E-state index contributed by atoms with van der Waals surface area (Å²) in [7, 11) is 0. The third-order valence-electron chi connectivity index (χ3n) is 0.549. The van der Waals surface area contributed by atoms with Crippen LogP contribution in [0.2, 0.25) is 0 Å². The van der Waals surface area contributed by atoms with Crippen molar-refractivity contribution in [2.75, 3.05) is 6.54 Å². The van der Waals surface area contributed by atoms with E-state index in [2.05, 4.69) is 24.5 Å². The van der Waals surface area contributed by atoms with Crippen molar-refractivity contribution in [1.82, 2.24) is 5.32 Å². The second kappa shape index (κ2) is 6.69. The molecule has 0 bridgehead atoms. The van der Waals surface area contributed by atoms with Crippen LogP contribution in [-0.2, 0) is 0 Å². The SMILES string of the molecule is C.CCCNC(N)=S. The van der Waals surface area contributed by atoms with E-state index in [4.69, 9.17) is 5.73 Å². The highest BCUT2D eigenvalue weighted by atomic mass is 32.1. The van der Waals surface area contributed by atoms with Gasteiger partial charge in [0, 0.05) is 6.54 Å². The van der Waals surface area contributed by atoms with Crippen LogP contribution in [0.1, 0.15) is 20.8 Å². The van der Waals surface area contributed by atoms with Gasteiger partial charge in [0.25, 0.3) is 0 Å². The monoisotopic (exact) mass is 134 g/mol. The Hall–Kier alpha value is -0.310. The quantitative estimate of drug-likeness (QED) is 0.550. The van der Waals surface area contributed by atoms with Crippen LogP contribution < -0.4 is 11.1 Å². The van der Waals surface area contributed by atoms with Crippen LogP contribution in [0.3, 0.4) is 0 Å². The molecule has 0 saturated heterocycles. The van der Waals surface area contributed by atoms with Crippen LogP contribution in [0.4, 0.5) is 0 Å². The van der Waals surface area contributed by atoms with Crippen molar-refractivity contribution in [2.45, 2.75) is 20.8 Å². The van der Waals surface area contributed by atoms with Gasteiger partial charge in [-0.25, -0.2) is 0 Å². The first kappa shape index (κ1) is 10.6. The zero-order chi connectivity index (χ0) is 5.70. The Balaban J connectivity index is 0. The molecule has 50 valence electrons. The maximum atomic E-state index is 5.10. The minimum absolute atomic E-state index is 0. The summed E-state index contributed by atoms with van der Waals surface area (Å²) >= 11 is 4.53. The fraction of sp³-hybridized carbons (Fsp3) is 0.800. The topological polar surface area (TPSA) is 38.0 Å². The van der Waals surface area contributed by atoms with Crippen LogP contribution in [0.25, 0.3) is 0 Å². The van der Waals surface area contributed by atoms with Crippen molar-refractivity contribution in [3.63, 3.8) is 0 Å². The summed E-state index contributed by atoms with van der Waals surface area (Å²) in [5.74, 6) is 0. The largest absolute Gasteiger partial charge is 0.376 e. The summed E-state index contributed by atoms with van der Waals surface area (Å²) in [5, 5.41) is 3.20. The number of nitrogens with one attached hydrogen (secondary N) is 1. The first-order valence-corrected chi connectivity index (χ1v) is 2.71. The van der Waals surface area contributed by atoms with Crippen LogP contribution in [0, 0.1) is 0 Å². The Morgan fingerprint density at radius 3 is 2.38 bits per heavy atom. The zero-order valence-electron chi connectivity index (χ0n) is 4.40. The van der Waals surface area contributed by atoms with Gasteiger partial charge < -0.3 is 11.1 Å². The van der Waals surface area contributed by atoms with Crippen LogP contribution in [-0.4, -0.2) is 11.7 Å². The molecule has 3 heteroatoms. The van der Waals surface area contributed by atoms with Crippen LogP contribution >= 0.6 is 12.2 Å². The van der Waals surface area contributed by atoms with Crippen molar-refractivity contribution < 1.29 is 0 Å². The fourth-order valence-electron chi connectivity index (χ4n) is 0.248. The molecule has 0 aromatic rings. The predicted molar refractivity (Wildman–Crippen MR) is 41.8 cm³/mol. The highest BCUT2D eigenvalue weighted by Gasteiger charge is 1.79. The summed E-state index contributed by atoms with van der Waals surface area (Å²) in [6.45, 7) is 2.95. The average molecular weight is 134 g/mol. The summed E-state index contributed by atoms with van der Waals surface area (Å²) in [5.41, 5.74) is 5.10. The van der Waals surface area contributed by atoms with Gasteiger partial charge in [0.15, 0.2) is 5.11 Å². The standard InChI is InChI=1S/C4H10N2S.CH4/c1-2-3-6-4(5)7;/h2-3H2,1H3,(H3,5,6,7);1H4. The highest BCUT2D eigenvalue weighted by Crippen LogP contribution is 1.66. The number of rotatable bonds is 2. The van der Waals surface area contributed by atoms with E-state index in [-0.39, 0.29) is 7.43 Å². The van der Waals surface area contributed by atoms with E-state index in [1.165, 1.54) is 0 Å². The summed E-state index contributed by atoms with van der Waals surface area (Å²) < 4.78 is 0. The van der Waals surface area contributed by atoms with Crippen molar-refractivity contribution in [2.24, 2.45) is 5.73 Å². The van der Waals surface area contributed by atoms with Gasteiger partial charge in [-0.15, -0.1) is 0 Å². The van der Waals surface area contributed by atoms with Gasteiger partial charge in [-0.05, 0) is 18.6 Å². The molecule has 0 spiro atoms. The van der Waals surface area contributed by atoms with Gasteiger partial charge in [-0.3, -0.25) is 0 Å². The molecule has 3 N–H and O–H groups in total. The second-order valence-electron chi connectivity index (χ2n) is 1.29. The molecule has 8 heavy (non-hydrogen) atoms. The van der Waals surface area contributed by atoms with E-state index in [1.807, 2.05) is 0 Å². The fourth-order valence-corrected chi connectivity index (χ4v) is 0.350. The second-order valence-corrected chi connectivity index (χ2v) is 1.73. The van der Waals surface area contributed by atoms with E-state index in [9.17, 15) is 0 Å². The van der Waals surface area contributed by atoms with E-state index in [0.717, 1.165) is 13.0 Å². The minimum atomic E-state index is 0. The lowest BCUT2D eigenvalue weighted by atomic mass is 10.5. The molecule has 0 rings (SSSR count). The van der Waals surface area contributed by atoms with Gasteiger partial charge >= 0.3 is 0 Å². The molecule has 0 saturated carbocycles. The van der Waals surface area contributed by atoms with Gasteiger partial charge in [-0.1, -0.05) is 14.4 Å². The molecule has 0 amide bonds. The molecule has 0 aliphatic rings. The van der Waals surface area contributed by atoms with Crippen LogP contribution in [0.15, 0.2) is 0 Å². The number of hydrogen-bond donors (Lipinski definition) is 2. The van der Waals surface area contributed by atoms with E-state index in [0.29, 0.717) is 5.11 Å². The molecule has 0 aliphatic carbocycles. The van der Waals surface area contributed by atoms with Gasteiger partial charge in [0.1, 0.15) is 0 Å². The molecule has 2 nitrogen and oxygen atoms in total. The van der Waals surface area contributed by atoms with Crippen molar-refractivity contribution in [1.29, 1.82) is 0 Å². The molecule has 0 aromatic carbocycles. The van der Waals surface area contributed by atoms with Crippen molar-refractivity contribution in [3.8, 4) is 0 Å². The first-order valence-electron chi connectivity index (χ1n) is 2.30. The number of thiocarbonyl (C=S) groups is 1. The molecule has 0 aliphatic heterocycles. The zero-order valence-corrected chi connectivity index (χ0v) is 5.22. The number of nitrogens with two attached hydrogens (primary N) is 1. The van der Waals surface area contributed by atoms with E-state index < -0.39 is 0 Å². The molecule has 0 unspecified atom stereocenters. The van der Waals surface area contributed by atoms with Crippen molar-refractivity contribution >= 4 is 17.3 Å². The normalized spacial score (nSPS) is 7.12. The minimum Gasteiger partial charge on any atom is -0.376 e. The van der Waals surface area contributed by atoms with E-state index in [1.54, 1.807) is 0 Å². The summed E-state index contributed by atoms with van der Waals surface area (Å²) in [6, 6.07) is 0. The van der Waals surface area contributed by atoms with Gasteiger partial charge in [-0.2, -0.15) is 0 Å². The molecule has 0 atom stereocenters. The smallest absolute Gasteiger partial charge is 0.163 e. The van der Waals surface area contributed by atoms with Gasteiger partial charge in [0.2, 0.25) is 0 Å². The summed E-state index contributed by atoms with van der Waals surface area (Å²) in [4.78, 5) is 0. The van der Waals surface area contributed by atoms with Crippen molar-refractivity contribution in [3.05, 3.63) is 0 Å². The maximum Gasteiger partial charge on any atom is 0.163 e. The lowest BCUT2D eigenvalue weighted by Gasteiger charge is -1.96. The molecule has 0 radical (unpaired) electrons. The Morgan fingerprint density at radius 2 is 2.25 bits per heavy atom. The Labute approximate surface area is 56.5 Å². The first-order chi connectivity index (χ1) is 3.27. The average Bonchev–Trinajstić information content (AvgIpc) is 1.61. The summed E-state index contributed by atoms with van der Waals surface area (Å²) in [6.07, 6.45) is 1.07. The highest BCUT2D eigenvalue weighted by molar-refractivity contribution is 7.80. The molecule has 0 heterocycles. The van der Waals surface area contributed by atoms with E-state index >= 15 is 0 Å².